The minimum Gasteiger partial charge on any atom is -0.456 e. The number of benzene rings is 9. The zero-order valence-corrected chi connectivity index (χ0v) is 31.1. The van der Waals surface area contributed by atoms with Crippen molar-refractivity contribution >= 4 is 92.7 Å². The molecular formula is C52H34N2OS. The summed E-state index contributed by atoms with van der Waals surface area (Å²) in [6.45, 7) is 0. The summed E-state index contributed by atoms with van der Waals surface area (Å²) < 4.78 is 8.96. The first kappa shape index (κ1) is 32.3. The molecule has 2 heterocycles. The molecule has 3 nitrogen and oxygen atoms in total. The summed E-state index contributed by atoms with van der Waals surface area (Å²) >= 11 is 1.84. The highest BCUT2D eigenvalue weighted by Gasteiger charge is 2.18. The van der Waals surface area contributed by atoms with Gasteiger partial charge in [0.05, 0.1) is 5.69 Å². The average molecular weight is 735 g/mol. The molecule has 0 bridgehead atoms. The SMILES string of the molecule is c1ccc(-c2ccc3ccccc3c2Nc2ccc(-c3ccc(N(c4ccc5c(c4)oc4ccccc45)c4ccc5sc6ccccc6c5c4)cc3)cc2)cc1. The van der Waals surface area contributed by atoms with Crippen molar-refractivity contribution in [1.29, 1.82) is 0 Å². The third-order valence-corrected chi connectivity index (χ3v) is 12.0. The van der Waals surface area contributed by atoms with E-state index < -0.39 is 0 Å². The monoisotopic (exact) mass is 734 g/mol. The van der Waals surface area contributed by atoms with Gasteiger partial charge in [0.2, 0.25) is 0 Å². The van der Waals surface area contributed by atoms with E-state index in [1.165, 1.54) is 42.1 Å². The molecule has 0 unspecified atom stereocenters. The van der Waals surface area contributed by atoms with Crippen LogP contribution in [0, 0.1) is 0 Å². The highest BCUT2D eigenvalue weighted by Crippen LogP contribution is 2.43. The molecule has 4 heteroatoms. The minimum absolute atomic E-state index is 0.875. The van der Waals surface area contributed by atoms with Gasteiger partial charge in [0.25, 0.3) is 0 Å². The van der Waals surface area contributed by atoms with Gasteiger partial charge in [-0.3, -0.25) is 0 Å². The molecule has 0 radical (unpaired) electrons. The van der Waals surface area contributed by atoms with E-state index in [0.717, 1.165) is 61.5 Å². The van der Waals surface area contributed by atoms with Crippen LogP contribution in [0.2, 0.25) is 0 Å². The third kappa shape index (κ3) is 5.58. The van der Waals surface area contributed by atoms with Gasteiger partial charge in [-0.2, -0.15) is 0 Å². The Kier molecular flexibility index (Phi) is 7.68. The Morgan fingerprint density at radius 1 is 0.393 bits per heavy atom. The smallest absolute Gasteiger partial charge is 0.137 e. The van der Waals surface area contributed by atoms with Crippen LogP contribution >= 0.6 is 11.3 Å². The number of para-hydroxylation sites is 1. The molecular weight excluding hydrogens is 701 g/mol. The maximum Gasteiger partial charge on any atom is 0.137 e. The Balaban J connectivity index is 0.954. The molecule has 0 saturated heterocycles. The van der Waals surface area contributed by atoms with Gasteiger partial charge >= 0.3 is 0 Å². The first-order chi connectivity index (χ1) is 27.7. The van der Waals surface area contributed by atoms with Crippen LogP contribution in [0.3, 0.4) is 0 Å². The van der Waals surface area contributed by atoms with Gasteiger partial charge < -0.3 is 14.6 Å². The Bertz CT molecular complexity index is 3220. The fourth-order valence-electron chi connectivity index (χ4n) is 8.11. The van der Waals surface area contributed by atoms with E-state index in [1.54, 1.807) is 0 Å². The normalized spacial score (nSPS) is 11.6. The molecule has 1 N–H and O–H groups in total. The van der Waals surface area contributed by atoms with Crippen LogP contribution in [0.4, 0.5) is 28.4 Å². The Labute approximate surface area is 328 Å². The average Bonchev–Trinajstić information content (AvgIpc) is 3.83. The lowest BCUT2D eigenvalue weighted by molar-refractivity contribution is 0.669. The Hall–Kier alpha value is -7.14. The summed E-state index contributed by atoms with van der Waals surface area (Å²) in [4.78, 5) is 2.34. The zero-order chi connectivity index (χ0) is 37.0. The van der Waals surface area contributed by atoms with Gasteiger partial charge in [-0.25, -0.2) is 0 Å². The molecule has 0 amide bonds. The number of rotatable bonds is 7. The van der Waals surface area contributed by atoms with E-state index in [1.807, 2.05) is 23.5 Å². The molecule has 0 spiro atoms. The molecule has 2 aromatic heterocycles. The largest absolute Gasteiger partial charge is 0.456 e. The second kappa shape index (κ2) is 13.3. The van der Waals surface area contributed by atoms with Crippen molar-refractivity contribution in [3.8, 4) is 22.3 Å². The summed E-state index contributed by atoms with van der Waals surface area (Å²) in [7, 11) is 0. The van der Waals surface area contributed by atoms with Crippen LogP contribution < -0.4 is 10.2 Å². The number of hydrogen-bond acceptors (Lipinski definition) is 4. The summed E-state index contributed by atoms with van der Waals surface area (Å²) in [6.07, 6.45) is 0. The van der Waals surface area contributed by atoms with Crippen LogP contribution in [0.25, 0.3) is 75.1 Å². The van der Waals surface area contributed by atoms with Crippen molar-refractivity contribution in [2.24, 2.45) is 0 Å². The number of fused-ring (bicyclic) bond motifs is 7. The lowest BCUT2D eigenvalue weighted by Gasteiger charge is -2.26. The zero-order valence-electron chi connectivity index (χ0n) is 30.3. The second-order valence-corrected chi connectivity index (χ2v) is 15.3. The molecule has 56 heavy (non-hydrogen) atoms. The van der Waals surface area contributed by atoms with E-state index >= 15 is 0 Å². The van der Waals surface area contributed by atoms with Gasteiger partial charge in [0.15, 0.2) is 0 Å². The van der Waals surface area contributed by atoms with E-state index in [4.69, 9.17) is 4.42 Å². The van der Waals surface area contributed by atoms with Gasteiger partial charge in [-0.05, 0) is 88.8 Å². The topological polar surface area (TPSA) is 28.4 Å². The maximum absolute atomic E-state index is 6.37. The summed E-state index contributed by atoms with van der Waals surface area (Å²) in [5, 5.41) is 11.0. The molecule has 0 fully saturated rings. The number of thiophene rings is 1. The van der Waals surface area contributed by atoms with Crippen LogP contribution in [-0.2, 0) is 0 Å². The molecule has 0 atom stereocenters. The number of nitrogens with one attached hydrogen (secondary N) is 1. The standard InChI is InChI=1S/C52H34N2OS/c1-2-10-36(11-3-1)43-29-22-37-12-4-5-13-42(37)52(43)53-38-23-18-34(19-24-38)35-20-25-39(26-21-35)54(40-28-31-51-47(32-40)46-15-7-9-17-50(46)56-51)41-27-30-45-44-14-6-8-16-48(44)55-49(45)33-41/h1-33,53H. The quantitative estimate of drug-likeness (QED) is 0.177. The fraction of sp³-hybridized carbons (Fsp3) is 0. The Morgan fingerprint density at radius 3 is 1.86 bits per heavy atom. The van der Waals surface area contributed by atoms with E-state index in [2.05, 4.69) is 198 Å². The Morgan fingerprint density at radius 2 is 1.02 bits per heavy atom. The first-order valence-electron chi connectivity index (χ1n) is 18.9. The molecule has 11 aromatic rings. The molecule has 0 aliphatic rings. The van der Waals surface area contributed by atoms with Crippen molar-refractivity contribution < 1.29 is 4.42 Å². The number of nitrogens with zero attached hydrogens (tertiary/aromatic N) is 1. The summed E-state index contributed by atoms with van der Waals surface area (Å²) in [5.41, 5.74) is 11.8. The number of anilines is 5. The van der Waals surface area contributed by atoms with Gasteiger partial charge in [0.1, 0.15) is 11.2 Å². The van der Waals surface area contributed by atoms with Crippen molar-refractivity contribution in [2.75, 3.05) is 10.2 Å². The maximum atomic E-state index is 6.37. The number of hydrogen-bond donors (Lipinski definition) is 1. The predicted octanol–water partition coefficient (Wildman–Crippen LogP) is 15.7. The van der Waals surface area contributed by atoms with Crippen molar-refractivity contribution in [2.45, 2.75) is 0 Å². The lowest BCUT2D eigenvalue weighted by Crippen LogP contribution is -2.09. The molecule has 264 valence electrons. The highest BCUT2D eigenvalue weighted by molar-refractivity contribution is 7.25. The van der Waals surface area contributed by atoms with Crippen LogP contribution in [0.5, 0.6) is 0 Å². The third-order valence-electron chi connectivity index (χ3n) is 10.9. The fourth-order valence-corrected chi connectivity index (χ4v) is 9.20. The number of furan rings is 1. The van der Waals surface area contributed by atoms with Gasteiger partial charge in [-0.1, -0.05) is 127 Å². The first-order valence-corrected chi connectivity index (χ1v) is 19.7. The van der Waals surface area contributed by atoms with Crippen LogP contribution in [0.1, 0.15) is 0 Å². The van der Waals surface area contributed by atoms with Crippen molar-refractivity contribution in [3.05, 3.63) is 200 Å². The van der Waals surface area contributed by atoms with Gasteiger partial charge in [-0.15, -0.1) is 11.3 Å². The van der Waals surface area contributed by atoms with Crippen LogP contribution in [-0.4, -0.2) is 0 Å². The molecule has 0 aliphatic heterocycles. The highest BCUT2D eigenvalue weighted by atomic mass is 32.1. The predicted molar refractivity (Wildman–Crippen MR) is 239 cm³/mol. The minimum atomic E-state index is 0.875. The lowest BCUT2D eigenvalue weighted by atomic mass is 9.98. The molecule has 9 aromatic carbocycles. The summed E-state index contributed by atoms with van der Waals surface area (Å²) in [6, 6.07) is 71.5. The van der Waals surface area contributed by atoms with Crippen molar-refractivity contribution in [3.63, 3.8) is 0 Å². The molecule has 0 saturated carbocycles. The van der Waals surface area contributed by atoms with E-state index in [-0.39, 0.29) is 0 Å². The van der Waals surface area contributed by atoms with Crippen LogP contribution in [0.15, 0.2) is 205 Å². The van der Waals surface area contributed by atoms with E-state index in [0.29, 0.717) is 0 Å². The molecule has 0 aliphatic carbocycles. The second-order valence-electron chi connectivity index (χ2n) is 14.2. The molecule has 11 rings (SSSR count). The van der Waals surface area contributed by atoms with Gasteiger partial charge in [0, 0.05) is 70.7 Å². The summed E-state index contributed by atoms with van der Waals surface area (Å²) in [5.74, 6) is 0. The van der Waals surface area contributed by atoms with E-state index in [9.17, 15) is 0 Å². The van der Waals surface area contributed by atoms with Crippen molar-refractivity contribution in [1.82, 2.24) is 0 Å².